The number of carbonyl (C=O) groups is 1. The summed E-state index contributed by atoms with van der Waals surface area (Å²) < 4.78 is 7.77. The Balaban J connectivity index is 1.85. The Morgan fingerprint density at radius 1 is 1.42 bits per heavy atom. The van der Waals surface area contributed by atoms with Gasteiger partial charge in [-0.25, -0.2) is 4.68 Å². The van der Waals surface area contributed by atoms with E-state index in [2.05, 4.69) is 15.3 Å². The molecule has 1 aliphatic rings. The quantitative estimate of drug-likeness (QED) is 0.830. The monoisotopic (exact) mass is 377 g/mol. The first-order valence-electron chi connectivity index (χ1n) is 8.56. The van der Waals surface area contributed by atoms with Crippen molar-refractivity contribution in [2.24, 2.45) is 12.8 Å². The van der Waals surface area contributed by atoms with Gasteiger partial charge in [-0.2, -0.15) is 5.10 Å². The van der Waals surface area contributed by atoms with E-state index in [1.807, 2.05) is 26.1 Å². The number of likely N-dealkylation sites (tertiary alicyclic amines) is 1. The number of nitrogens with zero attached hydrogens (tertiary/aromatic N) is 3. The van der Waals surface area contributed by atoms with E-state index in [-0.39, 0.29) is 18.0 Å². The van der Waals surface area contributed by atoms with Gasteiger partial charge in [0, 0.05) is 38.2 Å². The average molecular weight is 378 g/mol. The molecule has 1 aliphatic heterocycles. The van der Waals surface area contributed by atoms with Gasteiger partial charge in [0.25, 0.3) is 0 Å². The highest BCUT2D eigenvalue weighted by Gasteiger charge is 2.35. The predicted octanol–water partition coefficient (Wildman–Crippen LogP) is 1.82. The molecule has 1 amide bonds. The van der Waals surface area contributed by atoms with Crippen LogP contribution >= 0.6 is 11.6 Å². The normalized spacial score (nSPS) is 20.3. The minimum atomic E-state index is -0.238. The molecule has 3 rings (SSSR count). The van der Waals surface area contributed by atoms with Crippen molar-refractivity contribution in [1.29, 1.82) is 0 Å². The summed E-state index contributed by atoms with van der Waals surface area (Å²) in [5, 5.41) is 7.86. The maximum absolute atomic E-state index is 12.2. The number of carbonyl (C=O) groups excluding carboxylic acids is 1. The van der Waals surface area contributed by atoms with Crippen LogP contribution in [-0.2, 0) is 18.4 Å². The number of nitrogens with one attached hydrogen (secondary N) is 1. The van der Waals surface area contributed by atoms with Crippen molar-refractivity contribution < 1.29 is 9.53 Å². The lowest BCUT2D eigenvalue weighted by atomic mass is 10.1. The molecule has 0 spiro atoms. The smallest absolute Gasteiger partial charge is 0.237 e. The number of nitrogens with two attached hydrogens (primary N) is 1. The summed E-state index contributed by atoms with van der Waals surface area (Å²) in [4.78, 5) is 14.3. The number of ether oxygens (including phenoxy) is 1. The van der Waals surface area contributed by atoms with Crippen LogP contribution in [0.15, 0.2) is 24.3 Å². The van der Waals surface area contributed by atoms with Gasteiger partial charge in [0.1, 0.15) is 5.75 Å². The van der Waals surface area contributed by atoms with Crippen LogP contribution in [0.3, 0.4) is 0 Å². The highest BCUT2D eigenvalue weighted by molar-refractivity contribution is 6.30. The molecule has 0 unspecified atom stereocenters. The summed E-state index contributed by atoms with van der Waals surface area (Å²) >= 11 is 5.94. The largest absolute Gasteiger partial charge is 0.439 e. The second-order valence-electron chi connectivity index (χ2n) is 6.60. The molecule has 8 heteroatoms. The molecule has 1 aromatic heterocycles. The summed E-state index contributed by atoms with van der Waals surface area (Å²) in [5.41, 5.74) is 7.91. The minimum absolute atomic E-state index is 0.0142. The van der Waals surface area contributed by atoms with E-state index in [9.17, 15) is 4.79 Å². The van der Waals surface area contributed by atoms with Crippen LogP contribution in [0.1, 0.15) is 17.7 Å². The van der Waals surface area contributed by atoms with Gasteiger partial charge in [-0.05, 0) is 37.6 Å². The summed E-state index contributed by atoms with van der Waals surface area (Å²) in [5.74, 6) is 1.32. The van der Waals surface area contributed by atoms with Gasteiger partial charge >= 0.3 is 0 Å². The van der Waals surface area contributed by atoms with Crippen LogP contribution in [0.5, 0.6) is 11.6 Å². The van der Waals surface area contributed by atoms with Crippen LogP contribution in [0.4, 0.5) is 0 Å². The number of aromatic nitrogens is 2. The fourth-order valence-electron chi connectivity index (χ4n) is 3.36. The van der Waals surface area contributed by atoms with Gasteiger partial charge in [-0.15, -0.1) is 0 Å². The van der Waals surface area contributed by atoms with Gasteiger partial charge in [-0.1, -0.05) is 11.6 Å². The third kappa shape index (κ3) is 3.85. The second kappa shape index (κ2) is 7.65. The number of hydrogen-bond donors (Lipinski definition) is 2. The van der Waals surface area contributed by atoms with Crippen LogP contribution in [-0.4, -0.2) is 46.3 Å². The first-order valence-corrected chi connectivity index (χ1v) is 8.94. The summed E-state index contributed by atoms with van der Waals surface area (Å²) in [6, 6.07) is 6.93. The standard InChI is InChI=1S/C18H24ClN5O2/c1-11-15(10-24-9-13(20)8-16(24)17(25)21-2)18(23(3)22-11)26-14-6-4-12(19)5-7-14/h4-7,13,16H,8-10,20H2,1-3H3,(H,21,25)/t13-,16-/m0/s1. The highest BCUT2D eigenvalue weighted by atomic mass is 35.5. The molecule has 0 aliphatic carbocycles. The van der Waals surface area contributed by atoms with Crippen LogP contribution in [0.2, 0.25) is 5.02 Å². The molecule has 3 N–H and O–H groups in total. The molecular weight excluding hydrogens is 354 g/mol. The molecule has 1 saturated heterocycles. The van der Waals surface area contributed by atoms with E-state index in [4.69, 9.17) is 22.1 Å². The van der Waals surface area contributed by atoms with Crippen LogP contribution in [0.25, 0.3) is 0 Å². The van der Waals surface area contributed by atoms with Crippen molar-refractivity contribution in [3.05, 3.63) is 40.5 Å². The van der Waals surface area contributed by atoms with E-state index in [0.717, 1.165) is 11.3 Å². The lowest BCUT2D eigenvalue weighted by Gasteiger charge is -2.23. The van der Waals surface area contributed by atoms with E-state index in [1.54, 1.807) is 23.9 Å². The van der Waals surface area contributed by atoms with E-state index in [1.165, 1.54) is 0 Å². The summed E-state index contributed by atoms with van der Waals surface area (Å²) in [7, 11) is 3.49. The molecule has 0 bridgehead atoms. The first kappa shape index (κ1) is 18.7. The maximum atomic E-state index is 12.2. The Kier molecular flexibility index (Phi) is 5.50. The van der Waals surface area contributed by atoms with Crippen molar-refractivity contribution in [1.82, 2.24) is 20.0 Å². The SMILES string of the molecule is CNC(=O)[C@@H]1C[C@H](N)CN1Cc1c(C)nn(C)c1Oc1ccc(Cl)cc1. The van der Waals surface area contributed by atoms with Gasteiger partial charge in [-0.3, -0.25) is 9.69 Å². The van der Waals surface area contributed by atoms with Crippen LogP contribution in [0, 0.1) is 6.92 Å². The molecule has 2 heterocycles. The third-order valence-electron chi connectivity index (χ3n) is 4.66. The predicted molar refractivity (Wildman–Crippen MR) is 100 cm³/mol. The second-order valence-corrected chi connectivity index (χ2v) is 7.04. The molecule has 1 fully saturated rings. The maximum Gasteiger partial charge on any atom is 0.237 e. The molecule has 0 radical (unpaired) electrons. The van der Waals surface area contributed by atoms with Crippen molar-refractivity contribution in [2.45, 2.75) is 32.0 Å². The Bertz CT molecular complexity index is 790. The molecule has 1 aromatic carbocycles. The number of hydrogen-bond acceptors (Lipinski definition) is 5. The van der Waals surface area contributed by atoms with Crippen molar-refractivity contribution >= 4 is 17.5 Å². The molecule has 2 aromatic rings. The van der Waals surface area contributed by atoms with E-state index < -0.39 is 0 Å². The first-order chi connectivity index (χ1) is 12.4. The Morgan fingerprint density at radius 2 is 2.12 bits per heavy atom. The Morgan fingerprint density at radius 3 is 2.77 bits per heavy atom. The van der Waals surface area contributed by atoms with E-state index in [0.29, 0.717) is 36.2 Å². The Labute approximate surface area is 158 Å². The Hall–Kier alpha value is -2.09. The van der Waals surface area contributed by atoms with E-state index >= 15 is 0 Å². The van der Waals surface area contributed by atoms with Crippen LogP contribution < -0.4 is 15.8 Å². The van der Waals surface area contributed by atoms with Gasteiger partial charge in [0.15, 0.2) is 0 Å². The number of benzene rings is 1. The topological polar surface area (TPSA) is 85.4 Å². The van der Waals surface area contributed by atoms with Crippen molar-refractivity contribution in [3.63, 3.8) is 0 Å². The summed E-state index contributed by atoms with van der Waals surface area (Å²) in [6.45, 7) is 3.15. The fourth-order valence-corrected chi connectivity index (χ4v) is 3.49. The average Bonchev–Trinajstić information content (AvgIpc) is 3.10. The third-order valence-corrected chi connectivity index (χ3v) is 4.92. The number of rotatable bonds is 5. The lowest BCUT2D eigenvalue weighted by molar-refractivity contribution is -0.125. The molecule has 26 heavy (non-hydrogen) atoms. The number of halogens is 1. The van der Waals surface area contributed by atoms with Gasteiger partial charge in [0.05, 0.1) is 17.3 Å². The minimum Gasteiger partial charge on any atom is -0.439 e. The number of likely N-dealkylation sites (N-methyl/N-ethyl adjacent to an activating group) is 1. The molecule has 140 valence electrons. The number of aryl methyl sites for hydroxylation is 2. The van der Waals surface area contributed by atoms with Crippen molar-refractivity contribution in [3.8, 4) is 11.6 Å². The number of amides is 1. The zero-order chi connectivity index (χ0) is 18.8. The highest BCUT2D eigenvalue weighted by Crippen LogP contribution is 2.31. The van der Waals surface area contributed by atoms with Crippen molar-refractivity contribution in [2.75, 3.05) is 13.6 Å². The fraction of sp³-hybridized carbons (Fsp3) is 0.444. The van der Waals surface area contributed by atoms with Gasteiger partial charge in [0.2, 0.25) is 11.8 Å². The molecule has 7 nitrogen and oxygen atoms in total. The molecule has 0 saturated carbocycles. The van der Waals surface area contributed by atoms with Gasteiger partial charge < -0.3 is 15.8 Å². The summed E-state index contributed by atoms with van der Waals surface area (Å²) in [6.07, 6.45) is 0.645. The zero-order valence-corrected chi connectivity index (χ0v) is 16.0. The zero-order valence-electron chi connectivity index (χ0n) is 15.2. The molecule has 2 atom stereocenters. The molecular formula is C18H24ClN5O2. The lowest BCUT2D eigenvalue weighted by Crippen LogP contribution is -2.41.